The Bertz CT molecular complexity index is 459. The van der Waals surface area contributed by atoms with Crippen LogP contribution in [0.5, 0.6) is 0 Å². The summed E-state index contributed by atoms with van der Waals surface area (Å²) in [5.41, 5.74) is 2.51. The van der Waals surface area contributed by atoms with Gasteiger partial charge < -0.3 is 10.1 Å². The number of benzene rings is 1. The Morgan fingerprint density at radius 2 is 2.00 bits per heavy atom. The summed E-state index contributed by atoms with van der Waals surface area (Å²) in [5, 5.41) is 3.53. The highest BCUT2D eigenvalue weighted by molar-refractivity contribution is 5.19. The molecule has 100 valence electrons. The van der Waals surface area contributed by atoms with Crippen molar-refractivity contribution in [2.24, 2.45) is 0 Å². The minimum Gasteiger partial charge on any atom is -0.383 e. The van der Waals surface area contributed by atoms with Gasteiger partial charge in [0.15, 0.2) is 0 Å². The van der Waals surface area contributed by atoms with E-state index in [-0.39, 0.29) is 6.04 Å². The number of aromatic nitrogens is 1. The van der Waals surface area contributed by atoms with Gasteiger partial charge in [-0.25, -0.2) is 0 Å². The number of rotatable bonds is 7. The van der Waals surface area contributed by atoms with Crippen LogP contribution in [0.25, 0.3) is 0 Å². The third kappa shape index (κ3) is 4.47. The first-order valence-electron chi connectivity index (χ1n) is 6.56. The molecule has 0 saturated heterocycles. The summed E-state index contributed by atoms with van der Waals surface area (Å²) in [7, 11) is 1.73. The standard InChI is InChI=1S/C16H20N2O/c1-19-13-16(15-7-3-2-4-8-15)18-11-9-14-6-5-10-17-12-14/h2-8,10,12,16,18H,9,11,13H2,1H3. The van der Waals surface area contributed by atoms with Crippen molar-refractivity contribution in [3.63, 3.8) is 0 Å². The number of nitrogens with one attached hydrogen (secondary N) is 1. The van der Waals surface area contributed by atoms with Crippen LogP contribution in [-0.4, -0.2) is 25.2 Å². The van der Waals surface area contributed by atoms with Crippen molar-refractivity contribution in [3.05, 3.63) is 66.0 Å². The zero-order chi connectivity index (χ0) is 13.3. The van der Waals surface area contributed by atoms with Crippen LogP contribution in [-0.2, 0) is 11.2 Å². The van der Waals surface area contributed by atoms with Crippen LogP contribution < -0.4 is 5.32 Å². The van der Waals surface area contributed by atoms with Gasteiger partial charge in [0, 0.05) is 19.5 Å². The lowest BCUT2D eigenvalue weighted by molar-refractivity contribution is 0.167. The molecule has 1 heterocycles. The van der Waals surface area contributed by atoms with Gasteiger partial charge in [-0.3, -0.25) is 4.98 Å². The number of hydrogen-bond acceptors (Lipinski definition) is 3. The van der Waals surface area contributed by atoms with Crippen LogP contribution in [0, 0.1) is 0 Å². The second-order valence-electron chi connectivity index (χ2n) is 4.48. The Labute approximate surface area is 114 Å². The lowest BCUT2D eigenvalue weighted by Gasteiger charge is -2.18. The van der Waals surface area contributed by atoms with Crippen LogP contribution in [0.1, 0.15) is 17.2 Å². The summed E-state index contributed by atoms with van der Waals surface area (Å²) in [6.45, 7) is 1.59. The predicted molar refractivity (Wildman–Crippen MR) is 77.0 cm³/mol. The van der Waals surface area contributed by atoms with Gasteiger partial charge in [0.2, 0.25) is 0 Å². The van der Waals surface area contributed by atoms with E-state index in [1.165, 1.54) is 11.1 Å². The van der Waals surface area contributed by atoms with Crippen molar-refractivity contribution in [3.8, 4) is 0 Å². The molecule has 2 rings (SSSR count). The summed E-state index contributed by atoms with van der Waals surface area (Å²) in [4.78, 5) is 4.12. The summed E-state index contributed by atoms with van der Waals surface area (Å²) in [6, 6.07) is 14.7. The molecule has 19 heavy (non-hydrogen) atoms. The van der Waals surface area contributed by atoms with Gasteiger partial charge in [-0.2, -0.15) is 0 Å². The number of pyridine rings is 1. The average Bonchev–Trinajstić information content (AvgIpc) is 2.48. The molecule has 0 fully saturated rings. The van der Waals surface area contributed by atoms with Gasteiger partial charge in [-0.15, -0.1) is 0 Å². The molecule has 1 aromatic carbocycles. The second kappa shape index (κ2) is 7.67. The fraction of sp³-hybridized carbons (Fsp3) is 0.312. The van der Waals surface area contributed by atoms with E-state index in [0.29, 0.717) is 6.61 Å². The van der Waals surface area contributed by atoms with E-state index in [1.807, 2.05) is 18.3 Å². The highest BCUT2D eigenvalue weighted by Crippen LogP contribution is 2.12. The first kappa shape index (κ1) is 13.7. The molecule has 0 spiro atoms. The van der Waals surface area contributed by atoms with E-state index in [2.05, 4.69) is 40.6 Å². The van der Waals surface area contributed by atoms with Crippen molar-refractivity contribution in [1.82, 2.24) is 10.3 Å². The molecule has 3 nitrogen and oxygen atoms in total. The van der Waals surface area contributed by atoms with Crippen molar-refractivity contribution >= 4 is 0 Å². The zero-order valence-electron chi connectivity index (χ0n) is 11.3. The molecule has 1 unspecified atom stereocenters. The minimum atomic E-state index is 0.239. The SMILES string of the molecule is COCC(NCCc1cccnc1)c1ccccc1. The van der Waals surface area contributed by atoms with Gasteiger partial charge in [0.05, 0.1) is 12.6 Å². The van der Waals surface area contributed by atoms with Crippen molar-refractivity contribution in [2.75, 3.05) is 20.3 Å². The van der Waals surface area contributed by atoms with Crippen LogP contribution in [0.15, 0.2) is 54.9 Å². The van der Waals surface area contributed by atoms with Gasteiger partial charge >= 0.3 is 0 Å². The minimum absolute atomic E-state index is 0.239. The van der Waals surface area contributed by atoms with E-state index in [0.717, 1.165) is 13.0 Å². The Morgan fingerprint density at radius 1 is 1.16 bits per heavy atom. The molecule has 0 saturated carbocycles. The van der Waals surface area contributed by atoms with Gasteiger partial charge in [0.25, 0.3) is 0 Å². The molecule has 0 amide bonds. The first-order chi connectivity index (χ1) is 9.40. The molecule has 1 N–H and O–H groups in total. The third-order valence-corrected chi connectivity index (χ3v) is 3.06. The first-order valence-corrected chi connectivity index (χ1v) is 6.56. The summed E-state index contributed by atoms with van der Waals surface area (Å²) in [6.07, 6.45) is 4.69. The second-order valence-corrected chi connectivity index (χ2v) is 4.48. The Balaban J connectivity index is 1.87. The third-order valence-electron chi connectivity index (χ3n) is 3.06. The van der Waals surface area contributed by atoms with Crippen LogP contribution >= 0.6 is 0 Å². The number of nitrogens with zero attached hydrogens (tertiary/aromatic N) is 1. The monoisotopic (exact) mass is 256 g/mol. The van der Waals surface area contributed by atoms with E-state index in [1.54, 1.807) is 13.3 Å². The van der Waals surface area contributed by atoms with E-state index >= 15 is 0 Å². The van der Waals surface area contributed by atoms with Crippen molar-refractivity contribution < 1.29 is 4.74 Å². The maximum Gasteiger partial charge on any atom is 0.0657 e. The van der Waals surface area contributed by atoms with Gasteiger partial charge in [-0.05, 0) is 30.2 Å². The van der Waals surface area contributed by atoms with E-state index in [4.69, 9.17) is 4.74 Å². The zero-order valence-corrected chi connectivity index (χ0v) is 11.3. The topological polar surface area (TPSA) is 34.1 Å². The molecule has 0 aliphatic rings. The summed E-state index contributed by atoms with van der Waals surface area (Å²) in [5.74, 6) is 0. The molecule has 3 heteroatoms. The van der Waals surface area contributed by atoms with Crippen molar-refractivity contribution in [1.29, 1.82) is 0 Å². The lowest BCUT2D eigenvalue weighted by atomic mass is 10.1. The van der Waals surface area contributed by atoms with Crippen molar-refractivity contribution in [2.45, 2.75) is 12.5 Å². The molecule has 0 radical (unpaired) electrons. The van der Waals surface area contributed by atoms with Gasteiger partial charge in [0.1, 0.15) is 0 Å². The molecule has 1 aromatic heterocycles. The van der Waals surface area contributed by atoms with Crippen LogP contribution in [0.4, 0.5) is 0 Å². The highest BCUT2D eigenvalue weighted by Gasteiger charge is 2.09. The number of ether oxygens (including phenoxy) is 1. The maximum absolute atomic E-state index is 5.29. The fourth-order valence-electron chi connectivity index (χ4n) is 2.06. The molecular weight excluding hydrogens is 236 g/mol. The Hall–Kier alpha value is -1.71. The quantitative estimate of drug-likeness (QED) is 0.827. The predicted octanol–water partition coefficient (Wildman–Crippen LogP) is 2.60. The molecule has 0 bridgehead atoms. The highest BCUT2D eigenvalue weighted by atomic mass is 16.5. The largest absolute Gasteiger partial charge is 0.383 e. The molecule has 1 atom stereocenters. The molecular formula is C16H20N2O. The summed E-state index contributed by atoms with van der Waals surface area (Å²) < 4.78 is 5.29. The number of hydrogen-bond donors (Lipinski definition) is 1. The fourth-order valence-corrected chi connectivity index (χ4v) is 2.06. The van der Waals surface area contributed by atoms with E-state index in [9.17, 15) is 0 Å². The normalized spacial score (nSPS) is 12.3. The van der Waals surface area contributed by atoms with Crippen LogP contribution in [0.3, 0.4) is 0 Å². The van der Waals surface area contributed by atoms with Crippen LogP contribution in [0.2, 0.25) is 0 Å². The maximum atomic E-state index is 5.29. The summed E-state index contributed by atoms with van der Waals surface area (Å²) >= 11 is 0. The van der Waals surface area contributed by atoms with E-state index < -0.39 is 0 Å². The number of methoxy groups -OCH3 is 1. The lowest BCUT2D eigenvalue weighted by Crippen LogP contribution is -2.27. The molecule has 0 aliphatic carbocycles. The Kier molecular flexibility index (Phi) is 5.53. The average molecular weight is 256 g/mol. The Morgan fingerprint density at radius 3 is 2.68 bits per heavy atom. The smallest absolute Gasteiger partial charge is 0.0657 e. The molecule has 0 aliphatic heterocycles. The molecule has 2 aromatic rings. The van der Waals surface area contributed by atoms with Gasteiger partial charge in [-0.1, -0.05) is 36.4 Å².